The fourth-order valence-electron chi connectivity index (χ4n) is 1.70. The molecule has 5 heteroatoms. The van der Waals surface area contributed by atoms with Gasteiger partial charge >= 0.3 is 0 Å². The van der Waals surface area contributed by atoms with E-state index in [0.717, 1.165) is 30.9 Å². The molecule has 1 aromatic carbocycles. The Morgan fingerprint density at radius 3 is 3.00 bits per heavy atom. The van der Waals surface area contributed by atoms with Crippen LogP contribution in [0.3, 0.4) is 0 Å². The zero-order valence-electron chi connectivity index (χ0n) is 9.93. The number of nitrogens with two attached hydrogens (primary N) is 1. The summed E-state index contributed by atoms with van der Waals surface area (Å²) in [5, 5.41) is 11.1. The minimum atomic E-state index is 0.802. The minimum Gasteiger partial charge on any atom is -0.399 e. The maximum atomic E-state index is 5.70. The van der Waals surface area contributed by atoms with Crippen molar-refractivity contribution in [2.75, 3.05) is 17.6 Å². The van der Waals surface area contributed by atoms with Crippen LogP contribution in [0.25, 0.3) is 0 Å². The molecule has 0 fully saturated rings. The summed E-state index contributed by atoms with van der Waals surface area (Å²) in [6.45, 7) is 3.84. The number of anilines is 2. The smallest absolute Gasteiger partial charge is 0.0692 e. The zero-order chi connectivity index (χ0) is 12.1. The van der Waals surface area contributed by atoms with Gasteiger partial charge in [0, 0.05) is 30.7 Å². The van der Waals surface area contributed by atoms with Crippen LogP contribution in [0.15, 0.2) is 30.6 Å². The quantitative estimate of drug-likeness (QED) is 0.606. The Labute approximate surface area is 101 Å². The Bertz CT molecular complexity index is 464. The lowest BCUT2D eigenvalue weighted by molar-refractivity contribution is 0.570. The molecule has 1 aromatic heterocycles. The lowest BCUT2D eigenvalue weighted by Gasteiger charge is -2.09. The van der Waals surface area contributed by atoms with Gasteiger partial charge < -0.3 is 11.1 Å². The van der Waals surface area contributed by atoms with Crippen molar-refractivity contribution in [3.8, 4) is 0 Å². The molecule has 5 nitrogen and oxygen atoms in total. The molecule has 0 atom stereocenters. The number of hydrogen-bond acceptors (Lipinski definition) is 4. The molecular weight excluding hydrogens is 214 g/mol. The molecule has 0 amide bonds. The van der Waals surface area contributed by atoms with Crippen LogP contribution in [0.5, 0.6) is 0 Å². The van der Waals surface area contributed by atoms with E-state index in [-0.39, 0.29) is 0 Å². The van der Waals surface area contributed by atoms with Gasteiger partial charge in [0.1, 0.15) is 0 Å². The highest BCUT2D eigenvalue weighted by molar-refractivity contribution is 5.57. The fourth-order valence-corrected chi connectivity index (χ4v) is 1.70. The van der Waals surface area contributed by atoms with Crippen LogP contribution in [0, 0.1) is 6.92 Å². The van der Waals surface area contributed by atoms with Crippen LogP contribution in [-0.4, -0.2) is 21.5 Å². The molecule has 0 saturated carbocycles. The van der Waals surface area contributed by atoms with Crippen molar-refractivity contribution >= 4 is 11.4 Å². The van der Waals surface area contributed by atoms with Crippen molar-refractivity contribution in [3.63, 3.8) is 0 Å². The third-order valence-electron chi connectivity index (χ3n) is 2.60. The third kappa shape index (κ3) is 3.21. The van der Waals surface area contributed by atoms with Crippen LogP contribution in [0.1, 0.15) is 12.0 Å². The lowest BCUT2D eigenvalue weighted by Crippen LogP contribution is -2.08. The van der Waals surface area contributed by atoms with Gasteiger partial charge in [-0.3, -0.25) is 4.68 Å². The van der Waals surface area contributed by atoms with Crippen LogP contribution in [0.4, 0.5) is 11.4 Å². The first-order valence-corrected chi connectivity index (χ1v) is 5.70. The largest absolute Gasteiger partial charge is 0.399 e. The van der Waals surface area contributed by atoms with E-state index in [1.807, 2.05) is 29.1 Å². The van der Waals surface area contributed by atoms with Crippen LogP contribution >= 0.6 is 0 Å². The highest BCUT2D eigenvalue weighted by atomic mass is 15.4. The Morgan fingerprint density at radius 2 is 2.29 bits per heavy atom. The molecule has 2 rings (SSSR count). The lowest BCUT2D eigenvalue weighted by atomic mass is 10.2. The van der Waals surface area contributed by atoms with Gasteiger partial charge in [-0.15, -0.1) is 5.10 Å². The normalized spacial score (nSPS) is 10.4. The molecule has 17 heavy (non-hydrogen) atoms. The molecule has 0 saturated heterocycles. The van der Waals surface area contributed by atoms with Crippen molar-refractivity contribution in [1.29, 1.82) is 0 Å². The van der Waals surface area contributed by atoms with E-state index in [1.165, 1.54) is 5.56 Å². The Morgan fingerprint density at radius 1 is 1.41 bits per heavy atom. The van der Waals surface area contributed by atoms with E-state index < -0.39 is 0 Å². The second-order valence-corrected chi connectivity index (χ2v) is 4.02. The van der Waals surface area contributed by atoms with Gasteiger partial charge in [0.25, 0.3) is 0 Å². The number of nitrogens with one attached hydrogen (secondary N) is 1. The van der Waals surface area contributed by atoms with E-state index >= 15 is 0 Å². The Balaban J connectivity index is 1.78. The summed E-state index contributed by atoms with van der Waals surface area (Å²) in [6.07, 6.45) is 4.57. The fraction of sp³-hybridized carbons (Fsp3) is 0.333. The molecule has 1 heterocycles. The van der Waals surface area contributed by atoms with E-state index in [9.17, 15) is 0 Å². The first-order chi connectivity index (χ1) is 8.25. The van der Waals surface area contributed by atoms with Gasteiger partial charge in [0.05, 0.1) is 6.20 Å². The molecule has 0 aliphatic rings. The van der Waals surface area contributed by atoms with Crippen LogP contribution in [-0.2, 0) is 6.54 Å². The van der Waals surface area contributed by atoms with E-state index in [4.69, 9.17) is 5.73 Å². The summed E-state index contributed by atoms with van der Waals surface area (Å²) in [7, 11) is 0. The van der Waals surface area contributed by atoms with Gasteiger partial charge in [0.15, 0.2) is 0 Å². The molecule has 2 aromatic rings. The summed E-state index contributed by atoms with van der Waals surface area (Å²) in [5.74, 6) is 0. The molecule has 3 N–H and O–H groups in total. The second kappa shape index (κ2) is 5.34. The summed E-state index contributed by atoms with van der Waals surface area (Å²) in [5.41, 5.74) is 8.81. The standard InChI is InChI=1S/C12H17N5/c1-10-9-11(13)3-4-12(10)14-5-2-7-17-8-6-15-16-17/h3-4,6,8-9,14H,2,5,7,13H2,1H3. The van der Waals surface area contributed by atoms with E-state index in [2.05, 4.69) is 22.6 Å². The third-order valence-corrected chi connectivity index (χ3v) is 2.60. The summed E-state index contributed by atoms with van der Waals surface area (Å²) in [4.78, 5) is 0. The zero-order valence-corrected chi connectivity index (χ0v) is 9.93. The molecule has 0 aliphatic heterocycles. The molecule has 0 unspecified atom stereocenters. The first kappa shape index (κ1) is 11.4. The van der Waals surface area contributed by atoms with Crippen molar-refractivity contribution in [2.45, 2.75) is 19.9 Å². The second-order valence-electron chi connectivity index (χ2n) is 4.02. The maximum Gasteiger partial charge on any atom is 0.0692 e. The number of hydrogen-bond donors (Lipinski definition) is 2. The number of nitrogen functional groups attached to an aromatic ring is 1. The Hall–Kier alpha value is -2.04. The molecular formula is C12H17N5. The summed E-state index contributed by atoms with van der Waals surface area (Å²) < 4.78 is 1.83. The SMILES string of the molecule is Cc1cc(N)ccc1NCCCn1ccnn1. The molecule has 0 aliphatic carbocycles. The topological polar surface area (TPSA) is 68.8 Å². The maximum absolute atomic E-state index is 5.70. The average Bonchev–Trinajstić information content (AvgIpc) is 2.79. The van der Waals surface area contributed by atoms with Crippen LogP contribution in [0.2, 0.25) is 0 Å². The van der Waals surface area contributed by atoms with Gasteiger partial charge in [-0.25, -0.2) is 0 Å². The first-order valence-electron chi connectivity index (χ1n) is 5.70. The average molecular weight is 231 g/mol. The number of nitrogens with zero attached hydrogens (tertiary/aromatic N) is 3. The van der Waals surface area contributed by atoms with Crippen molar-refractivity contribution < 1.29 is 0 Å². The van der Waals surface area contributed by atoms with Crippen molar-refractivity contribution in [1.82, 2.24) is 15.0 Å². The van der Waals surface area contributed by atoms with E-state index in [0.29, 0.717) is 0 Å². The van der Waals surface area contributed by atoms with Gasteiger partial charge in [-0.1, -0.05) is 5.21 Å². The van der Waals surface area contributed by atoms with Gasteiger partial charge in [-0.05, 0) is 37.1 Å². The monoisotopic (exact) mass is 231 g/mol. The van der Waals surface area contributed by atoms with Crippen molar-refractivity contribution in [2.24, 2.45) is 0 Å². The predicted octanol–water partition coefficient (Wildman–Crippen LogP) is 1.67. The minimum absolute atomic E-state index is 0.802. The molecule has 0 spiro atoms. The van der Waals surface area contributed by atoms with Gasteiger partial charge in [0.2, 0.25) is 0 Å². The number of benzene rings is 1. The molecule has 90 valence electrons. The Kier molecular flexibility index (Phi) is 3.59. The molecule has 0 radical (unpaired) electrons. The summed E-state index contributed by atoms with van der Waals surface area (Å²) >= 11 is 0. The van der Waals surface area contributed by atoms with E-state index in [1.54, 1.807) is 6.20 Å². The number of rotatable bonds is 5. The van der Waals surface area contributed by atoms with Crippen molar-refractivity contribution in [3.05, 3.63) is 36.2 Å². The molecule has 0 bridgehead atoms. The van der Waals surface area contributed by atoms with Gasteiger partial charge in [-0.2, -0.15) is 0 Å². The highest BCUT2D eigenvalue weighted by Gasteiger charge is 1.98. The summed E-state index contributed by atoms with van der Waals surface area (Å²) in [6, 6.07) is 5.90. The highest BCUT2D eigenvalue weighted by Crippen LogP contribution is 2.17. The number of aromatic nitrogens is 3. The van der Waals surface area contributed by atoms with Crippen LogP contribution < -0.4 is 11.1 Å². The predicted molar refractivity (Wildman–Crippen MR) is 68.7 cm³/mol. The number of aryl methyl sites for hydroxylation is 2.